The van der Waals surface area contributed by atoms with E-state index in [0.717, 1.165) is 96.2 Å². The lowest BCUT2D eigenvalue weighted by molar-refractivity contribution is -0.135. The number of hydrogen-bond acceptors (Lipinski definition) is 7. The van der Waals surface area contributed by atoms with Crippen LogP contribution in [0.4, 0.5) is 0 Å². The lowest BCUT2D eigenvalue weighted by atomic mass is 10.00. The molecule has 0 aliphatic carbocycles. The number of nitrogens with zero attached hydrogens (tertiary/aromatic N) is 3. The van der Waals surface area contributed by atoms with Gasteiger partial charge in [-0.3, -0.25) is 14.5 Å². The first-order chi connectivity index (χ1) is 17.8. The van der Waals surface area contributed by atoms with E-state index in [1.165, 1.54) is 6.42 Å². The fourth-order valence-electron chi connectivity index (χ4n) is 4.34. The Labute approximate surface area is 219 Å². The molecule has 0 saturated carbocycles. The SMILES string of the molecule is CC(=O)O.CC(=O)O.C[C@H]1C[C@H](n2ccnc2-c2ccc(OCCCCN3CCOCC3)cc2)CCN1. The Bertz CT molecular complexity index is 907. The van der Waals surface area contributed by atoms with Crippen LogP contribution in [-0.2, 0) is 14.3 Å². The van der Waals surface area contributed by atoms with Crippen molar-refractivity contribution in [2.24, 2.45) is 0 Å². The first kappa shape index (κ1) is 30.3. The van der Waals surface area contributed by atoms with Crippen LogP contribution in [0.5, 0.6) is 5.75 Å². The minimum Gasteiger partial charge on any atom is -0.494 e. The molecule has 0 unspecified atom stereocenters. The molecular weight excluding hydrogens is 476 g/mol. The molecule has 3 N–H and O–H groups in total. The number of unbranched alkanes of at least 4 members (excludes halogenated alkanes) is 1. The standard InChI is InChI=1S/C23H34N4O2.2C2H4O2/c1-19-18-21(8-9-24-19)27-12-10-25-23(27)20-4-6-22(7-5-20)29-15-3-2-11-26-13-16-28-17-14-26;2*1-2(3)4/h4-7,10,12,19,21,24H,2-3,8-9,11,13-18H2,1H3;2*1H3,(H,3,4)/t19-,21+;;/m0../s1. The Morgan fingerprint density at radius 3 is 2.38 bits per heavy atom. The number of ether oxygens (including phenoxy) is 2. The van der Waals surface area contributed by atoms with Gasteiger partial charge in [-0.2, -0.15) is 0 Å². The van der Waals surface area contributed by atoms with Crippen LogP contribution in [0.2, 0.25) is 0 Å². The number of carboxylic acids is 2. The molecule has 4 rings (SSSR count). The highest BCUT2D eigenvalue weighted by atomic mass is 16.5. The van der Waals surface area contributed by atoms with E-state index < -0.39 is 11.9 Å². The first-order valence-corrected chi connectivity index (χ1v) is 12.9. The monoisotopic (exact) mass is 518 g/mol. The number of aliphatic carboxylic acids is 2. The molecule has 1 aromatic heterocycles. The Morgan fingerprint density at radius 1 is 1.11 bits per heavy atom. The van der Waals surface area contributed by atoms with Gasteiger partial charge in [0.2, 0.25) is 0 Å². The molecule has 2 aliphatic rings. The van der Waals surface area contributed by atoms with Crippen LogP contribution in [0.1, 0.15) is 52.5 Å². The Balaban J connectivity index is 0.000000530. The topological polar surface area (TPSA) is 126 Å². The fraction of sp³-hybridized carbons (Fsp3) is 0.593. The number of hydrogen-bond donors (Lipinski definition) is 3. The summed E-state index contributed by atoms with van der Waals surface area (Å²) in [5.74, 6) is 0.329. The zero-order valence-electron chi connectivity index (χ0n) is 22.3. The van der Waals surface area contributed by atoms with E-state index in [9.17, 15) is 0 Å². The first-order valence-electron chi connectivity index (χ1n) is 12.9. The number of morpholine rings is 1. The van der Waals surface area contributed by atoms with Gasteiger partial charge in [-0.15, -0.1) is 0 Å². The summed E-state index contributed by atoms with van der Waals surface area (Å²) in [6.07, 6.45) is 8.59. The van der Waals surface area contributed by atoms with Crippen molar-refractivity contribution in [2.45, 2.75) is 58.5 Å². The highest BCUT2D eigenvalue weighted by Gasteiger charge is 2.22. The van der Waals surface area contributed by atoms with Gasteiger partial charge in [0.05, 0.1) is 19.8 Å². The molecule has 37 heavy (non-hydrogen) atoms. The van der Waals surface area contributed by atoms with Gasteiger partial charge in [-0.05, 0) is 70.0 Å². The summed E-state index contributed by atoms with van der Waals surface area (Å²) in [4.78, 5) is 25.1. The van der Waals surface area contributed by atoms with Crippen molar-refractivity contribution in [1.29, 1.82) is 0 Å². The van der Waals surface area contributed by atoms with Gasteiger partial charge in [0.25, 0.3) is 11.9 Å². The lowest BCUT2D eigenvalue weighted by Crippen LogP contribution is -2.36. The van der Waals surface area contributed by atoms with E-state index in [1.54, 1.807) is 0 Å². The third-order valence-electron chi connectivity index (χ3n) is 6.01. The number of rotatable bonds is 8. The number of piperidine rings is 1. The third-order valence-corrected chi connectivity index (χ3v) is 6.01. The maximum absolute atomic E-state index is 9.00. The number of benzene rings is 1. The van der Waals surface area contributed by atoms with E-state index in [0.29, 0.717) is 12.1 Å². The summed E-state index contributed by atoms with van der Waals surface area (Å²) in [7, 11) is 0. The molecule has 10 nitrogen and oxygen atoms in total. The van der Waals surface area contributed by atoms with Crippen molar-refractivity contribution in [1.82, 2.24) is 19.8 Å². The summed E-state index contributed by atoms with van der Waals surface area (Å²) in [6, 6.07) is 9.48. The maximum atomic E-state index is 9.00. The zero-order chi connectivity index (χ0) is 27.0. The van der Waals surface area contributed by atoms with Crippen LogP contribution >= 0.6 is 0 Å². The average molecular weight is 519 g/mol. The van der Waals surface area contributed by atoms with E-state index in [2.05, 4.69) is 57.2 Å². The molecule has 0 amide bonds. The van der Waals surface area contributed by atoms with Crippen molar-refractivity contribution >= 4 is 11.9 Å². The molecule has 206 valence electrons. The zero-order valence-corrected chi connectivity index (χ0v) is 22.3. The van der Waals surface area contributed by atoms with Crippen molar-refractivity contribution in [3.63, 3.8) is 0 Å². The second kappa shape index (κ2) is 16.7. The van der Waals surface area contributed by atoms with Gasteiger partial charge >= 0.3 is 0 Å². The van der Waals surface area contributed by atoms with Crippen LogP contribution in [-0.4, -0.2) is 88.6 Å². The molecule has 0 bridgehead atoms. The Morgan fingerprint density at radius 2 is 1.76 bits per heavy atom. The third kappa shape index (κ3) is 12.2. The number of aromatic nitrogens is 2. The van der Waals surface area contributed by atoms with Gasteiger partial charge < -0.3 is 29.6 Å². The van der Waals surface area contributed by atoms with Crippen LogP contribution in [0.15, 0.2) is 36.7 Å². The number of imidazole rings is 1. The second-order valence-electron chi connectivity index (χ2n) is 9.26. The van der Waals surface area contributed by atoms with E-state index in [4.69, 9.17) is 29.3 Å². The van der Waals surface area contributed by atoms with Crippen LogP contribution < -0.4 is 10.1 Å². The summed E-state index contributed by atoms with van der Waals surface area (Å²) >= 11 is 0. The van der Waals surface area contributed by atoms with Crippen molar-refractivity contribution in [3.8, 4) is 17.1 Å². The minimum absolute atomic E-state index is 0.520. The fourth-order valence-corrected chi connectivity index (χ4v) is 4.34. The number of nitrogens with one attached hydrogen (secondary N) is 1. The molecule has 10 heteroatoms. The molecular formula is C27H42N4O6. The largest absolute Gasteiger partial charge is 0.494 e. The Kier molecular flexibility index (Phi) is 13.7. The summed E-state index contributed by atoms with van der Waals surface area (Å²) in [5.41, 5.74) is 1.15. The smallest absolute Gasteiger partial charge is 0.300 e. The molecule has 1 aromatic carbocycles. The van der Waals surface area contributed by atoms with Crippen LogP contribution in [0.3, 0.4) is 0 Å². The number of carbonyl (C=O) groups is 2. The maximum Gasteiger partial charge on any atom is 0.300 e. The highest BCUT2D eigenvalue weighted by Crippen LogP contribution is 2.28. The van der Waals surface area contributed by atoms with E-state index in [-0.39, 0.29) is 0 Å². The molecule has 2 saturated heterocycles. The molecule has 2 fully saturated rings. The molecule has 0 radical (unpaired) electrons. The van der Waals surface area contributed by atoms with Crippen LogP contribution in [0.25, 0.3) is 11.4 Å². The predicted octanol–water partition coefficient (Wildman–Crippen LogP) is 3.54. The van der Waals surface area contributed by atoms with Gasteiger partial charge in [0.1, 0.15) is 11.6 Å². The van der Waals surface area contributed by atoms with Gasteiger partial charge in [0.15, 0.2) is 0 Å². The Hall–Kier alpha value is -2.95. The van der Waals surface area contributed by atoms with Gasteiger partial charge in [-0.1, -0.05) is 0 Å². The lowest BCUT2D eigenvalue weighted by Gasteiger charge is -2.30. The normalized spacial score (nSPS) is 19.5. The van der Waals surface area contributed by atoms with Gasteiger partial charge in [0, 0.05) is 57.0 Å². The summed E-state index contributed by atoms with van der Waals surface area (Å²) in [6.45, 7) is 11.3. The second-order valence-corrected chi connectivity index (χ2v) is 9.26. The molecule has 0 spiro atoms. The number of carboxylic acid groups (broad SMARTS) is 2. The molecule has 3 heterocycles. The highest BCUT2D eigenvalue weighted by molar-refractivity contribution is 5.63. The predicted molar refractivity (Wildman–Crippen MR) is 142 cm³/mol. The van der Waals surface area contributed by atoms with E-state index >= 15 is 0 Å². The minimum atomic E-state index is -0.833. The summed E-state index contributed by atoms with van der Waals surface area (Å²) < 4.78 is 13.7. The van der Waals surface area contributed by atoms with Crippen molar-refractivity contribution < 1.29 is 29.3 Å². The molecule has 2 aromatic rings. The molecule has 2 aliphatic heterocycles. The van der Waals surface area contributed by atoms with Crippen molar-refractivity contribution in [2.75, 3.05) is 46.0 Å². The quantitative estimate of drug-likeness (QED) is 0.450. The van der Waals surface area contributed by atoms with E-state index in [1.807, 2.05) is 6.20 Å². The molecule has 2 atom stereocenters. The summed E-state index contributed by atoms with van der Waals surface area (Å²) in [5, 5.41) is 18.4. The average Bonchev–Trinajstić information content (AvgIpc) is 3.34. The van der Waals surface area contributed by atoms with Gasteiger partial charge in [-0.25, -0.2) is 4.98 Å². The van der Waals surface area contributed by atoms with Crippen molar-refractivity contribution in [3.05, 3.63) is 36.7 Å². The van der Waals surface area contributed by atoms with Crippen LogP contribution in [0, 0.1) is 0 Å².